The predicted molar refractivity (Wildman–Crippen MR) is 182 cm³/mol. The Bertz CT molecular complexity index is 2320. The normalized spacial score (nSPS) is 22.5. The third-order valence-corrected chi connectivity index (χ3v) is 10.8. The lowest BCUT2D eigenvalue weighted by atomic mass is 9.81. The molecule has 3 aromatic heterocycles. The van der Waals surface area contributed by atoms with Gasteiger partial charge in [-0.3, -0.25) is 19.0 Å². The molecule has 1 aliphatic carbocycles. The number of benzene rings is 1. The minimum Gasteiger partial charge on any atom is -0.504 e. The molecule has 6 heterocycles. The zero-order valence-corrected chi connectivity index (χ0v) is 29.0. The van der Waals surface area contributed by atoms with Crippen LogP contribution in [-0.2, 0) is 20.5 Å². The first-order valence-electron chi connectivity index (χ1n) is 16.9. The van der Waals surface area contributed by atoms with Gasteiger partial charge in [0.2, 0.25) is 11.7 Å². The van der Waals surface area contributed by atoms with E-state index in [1.807, 2.05) is 11.8 Å². The fourth-order valence-electron chi connectivity index (χ4n) is 7.72. The summed E-state index contributed by atoms with van der Waals surface area (Å²) in [6.07, 6.45) is -0.395. The Morgan fingerprint density at radius 2 is 1.89 bits per heavy atom. The molecular weight excluding hydrogens is 723 g/mol. The van der Waals surface area contributed by atoms with Crippen molar-refractivity contribution in [2.24, 2.45) is 0 Å². The van der Waals surface area contributed by atoms with Gasteiger partial charge in [-0.25, -0.2) is 14.8 Å². The summed E-state index contributed by atoms with van der Waals surface area (Å²) in [4.78, 5) is 70.6. The first kappa shape index (κ1) is 34.6. The van der Waals surface area contributed by atoms with E-state index in [-0.39, 0.29) is 89.3 Å². The molecule has 15 nitrogen and oxygen atoms in total. The fourth-order valence-corrected chi connectivity index (χ4v) is 7.95. The number of hydrogen-bond donors (Lipinski definition) is 2. The summed E-state index contributed by atoms with van der Waals surface area (Å²) in [6.45, 7) is 3.95. The van der Waals surface area contributed by atoms with Crippen molar-refractivity contribution in [3.8, 4) is 5.75 Å². The van der Waals surface area contributed by atoms with Crippen LogP contribution in [0.25, 0.3) is 11.4 Å². The number of hydrogen-bond acceptors (Lipinski definition) is 11. The van der Waals surface area contributed by atoms with Crippen molar-refractivity contribution >= 4 is 52.1 Å². The second-order valence-electron chi connectivity index (χ2n) is 13.5. The molecule has 8 rings (SSSR count). The number of alkyl halides is 3. The number of cyclic esters (lactones) is 1. The van der Waals surface area contributed by atoms with E-state index in [1.54, 1.807) is 16.4 Å². The summed E-state index contributed by atoms with van der Waals surface area (Å²) < 4.78 is 47.7. The molecule has 19 heteroatoms. The molecule has 4 atom stereocenters. The topological polar surface area (TPSA) is 177 Å². The predicted octanol–water partition coefficient (Wildman–Crippen LogP) is 3.88. The Kier molecular flexibility index (Phi) is 8.19. The number of fused-ring (bicyclic) bond motifs is 4. The number of aryl methyl sites for hydroxylation is 1. The van der Waals surface area contributed by atoms with Crippen LogP contribution >= 0.6 is 11.6 Å². The Morgan fingerprint density at radius 3 is 2.58 bits per heavy atom. The van der Waals surface area contributed by atoms with Crippen molar-refractivity contribution in [2.45, 2.75) is 69.8 Å². The van der Waals surface area contributed by atoms with Crippen molar-refractivity contribution in [3.05, 3.63) is 74.4 Å². The quantitative estimate of drug-likeness (QED) is 0.283. The third-order valence-electron chi connectivity index (χ3n) is 10.5. The number of carbonyl (C=O) groups is 3. The average molecular weight is 754 g/mol. The molecule has 3 aliphatic heterocycles. The average Bonchev–Trinajstić information content (AvgIpc) is 3.69. The van der Waals surface area contributed by atoms with E-state index in [1.165, 1.54) is 12.4 Å². The summed E-state index contributed by atoms with van der Waals surface area (Å²) in [7, 11) is 0. The van der Waals surface area contributed by atoms with Crippen LogP contribution in [0.5, 0.6) is 5.75 Å². The molecule has 2 unspecified atom stereocenters. The van der Waals surface area contributed by atoms with Crippen LogP contribution in [0.4, 0.5) is 24.5 Å². The van der Waals surface area contributed by atoms with E-state index in [0.717, 1.165) is 22.7 Å². The number of rotatable bonds is 5. The summed E-state index contributed by atoms with van der Waals surface area (Å²) in [5, 5.41) is 17.4. The molecule has 4 aliphatic rings. The highest BCUT2D eigenvalue weighted by Crippen LogP contribution is 2.45. The van der Waals surface area contributed by atoms with Gasteiger partial charge < -0.3 is 25.0 Å². The highest BCUT2D eigenvalue weighted by Gasteiger charge is 2.49. The Labute approximate surface area is 303 Å². The first-order valence-corrected chi connectivity index (χ1v) is 17.3. The molecule has 0 bridgehead atoms. The highest BCUT2D eigenvalue weighted by molar-refractivity contribution is 6.33. The molecule has 4 aromatic rings. The van der Waals surface area contributed by atoms with E-state index in [2.05, 4.69) is 25.4 Å². The molecule has 2 amide bonds. The number of nitrogens with one attached hydrogen (secondary N) is 1. The molecule has 53 heavy (non-hydrogen) atoms. The van der Waals surface area contributed by atoms with Crippen molar-refractivity contribution in [1.29, 1.82) is 0 Å². The molecule has 1 aromatic carbocycles. The van der Waals surface area contributed by atoms with Gasteiger partial charge in [0.15, 0.2) is 17.3 Å². The second kappa shape index (κ2) is 12.6. The van der Waals surface area contributed by atoms with E-state index < -0.39 is 41.1 Å². The lowest BCUT2D eigenvalue weighted by Gasteiger charge is -2.54. The highest BCUT2D eigenvalue weighted by atomic mass is 35.5. The molecule has 1 saturated heterocycles. The van der Waals surface area contributed by atoms with Gasteiger partial charge in [0.05, 0.1) is 40.3 Å². The van der Waals surface area contributed by atoms with Gasteiger partial charge in [-0.15, -0.1) is 5.10 Å². The monoisotopic (exact) mass is 753 g/mol. The molecular formula is C34H31ClF3N9O6. The molecule has 0 radical (unpaired) electrons. The number of esters is 1. The maximum absolute atomic E-state index is 14.6. The van der Waals surface area contributed by atoms with Crippen molar-refractivity contribution in [2.75, 3.05) is 29.9 Å². The summed E-state index contributed by atoms with van der Waals surface area (Å²) >= 11 is 6.20. The molecule has 276 valence electrons. The minimum absolute atomic E-state index is 0.0286. The van der Waals surface area contributed by atoms with Crippen LogP contribution in [-0.4, -0.2) is 88.7 Å². The van der Waals surface area contributed by atoms with Crippen molar-refractivity contribution < 1.29 is 37.4 Å². The third kappa shape index (κ3) is 5.66. The second-order valence-corrected chi connectivity index (χ2v) is 13.9. The maximum Gasteiger partial charge on any atom is 0.416 e. The number of piperazine rings is 1. The largest absolute Gasteiger partial charge is 0.504 e. The smallest absolute Gasteiger partial charge is 0.416 e. The lowest BCUT2D eigenvalue weighted by molar-refractivity contribution is -0.138. The van der Waals surface area contributed by atoms with Crippen LogP contribution in [0, 0.1) is 6.92 Å². The maximum atomic E-state index is 14.6. The number of aromatic hydroxyl groups is 1. The number of ether oxygens (including phenoxy) is 1. The van der Waals surface area contributed by atoms with Gasteiger partial charge in [0, 0.05) is 43.1 Å². The van der Waals surface area contributed by atoms with Crippen molar-refractivity contribution in [3.63, 3.8) is 0 Å². The van der Waals surface area contributed by atoms with Crippen LogP contribution in [0.3, 0.4) is 0 Å². The van der Waals surface area contributed by atoms with Gasteiger partial charge >= 0.3 is 12.1 Å². The molecule has 2 fully saturated rings. The Morgan fingerprint density at radius 1 is 1.11 bits per heavy atom. The molecule has 0 spiro atoms. The van der Waals surface area contributed by atoms with E-state index in [0.29, 0.717) is 30.5 Å². The van der Waals surface area contributed by atoms with Gasteiger partial charge in [-0.1, -0.05) is 18.5 Å². The Hall–Kier alpha value is -5.52. The van der Waals surface area contributed by atoms with Gasteiger partial charge in [0.25, 0.3) is 11.5 Å². The fraction of sp³-hybridized carbons (Fsp3) is 0.412. The number of anilines is 2. The number of aromatic nitrogens is 6. The molecule has 1 saturated carbocycles. The van der Waals surface area contributed by atoms with E-state index in [4.69, 9.17) is 16.3 Å². The number of carbonyl (C=O) groups excluding carboxylic acids is 3. The first-order chi connectivity index (χ1) is 25.2. The Balaban J connectivity index is 1.21. The lowest BCUT2D eigenvalue weighted by Crippen LogP contribution is -2.67. The molecule has 2 N–H and O–H groups in total. The summed E-state index contributed by atoms with van der Waals surface area (Å²) in [5.41, 5.74) is -0.109. The van der Waals surface area contributed by atoms with Gasteiger partial charge in [-0.2, -0.15) is 22.7 Å². The number of amides is 2. The van der Waals surface area contributed by atoms with Crippen LogP contribution < -0.4 is 15.8 Å². The number of nitrogens with zero attached hydrogens (tertiary/aromatic N) is 8. The van der Waals surface area contributed by atoms with Gasteiger partial charge in [0.1, 0.15) is 18.1 Å². The van der Waals surface area contributed by atoms with Crippen LogP contribution in [0.1, 0.15) is 77.8 Å². The number of halogens is 4. The zero-order valence-electron chi connectivity index (χ0n) is 28.2. The van der Waals surface area contributed by atoms with Crippen molar-refractivity contribution in [1.82, 2.24) is 34.0 Å². The SMILES string of the molecule is Cc1ncnc(C(=O)N2CCN(c3c4n(c5nc(C6=CC(=O)OCC6)nn5c3=O)C(C(=O)Nc3ccc(C(F)(F)F)cc3Cl)CC4C)[C@H]3CC[C@@H]32)c1O. The summed E-state index contributed by atoms with van der Waals surface area (Å²) in [6, 6.07) is 1.03. The minimum atomic E-state index is -4.63. The van der Waals surface area contributed by atoms with Crippen LogP contribution in [0.15, 0.2) is 35.4 Å². The van der Waals surface area contributed by atoms with E-state index >= 15 is 0 Å². The van der Waals surface area contributed by atoms with E-state index in [9.17, 15) is 37.5 Å². The standard InChI is InChI=1S/C34H31ClF3N9O6/c1-15-11-23(30(50)41-20-4-3-18(13-19(20)35)34(36,37)38)46-26(15)27(32(52)47-33(46)42-29(43-47)17-7-10-53-24(48)12-17)44-8-9-45(22-6-5-21(22)44)31(51)25-28(49)16(2)39-14-40-25/h3-4,12-15,21-23,49H,5-11H2,1-2H3,(H,41,50)/t15?,21-,22-,23?/m0/s1. The zero-order chi connectivity index (χ0) is 37.5. The van der Waals surface area contributed by atoms with Gasteiger partial charge in [-0.05, 0) is 44.4 Å². The summed E-state index contributed by atoms with van der Waals surface area (Å²) in [5.74, 6) is -2.17. The van der Waals surface area contributed by atoms with Crippen LogP contribution in [0.2, 0.25) is 5.02 Å².